The summed E-state index contributed by atoms with van der Waals surface area (Å²) >= 11 is 3.95. The molecule has 1 aromatic heterocycles. The third-order valence-corrected chi connectivity index (χ3v) is 5.41. The number of carboxylic acids is 1. The zero-order chi connectivity index (χ0) is 25.7. The maximum absolute atomic E-state index is 13.1. The van der Waals surface area contributed by atoms with Gasteiger partial charge >= 0.3 is 5.97 Å². The van der Waals surface area contributed by atoms with E-state index in [0.29, 0.717) is 31.5 Å². The standard InChI is InChI=1S/C21H37N7O5S/c1-12(2)7-16(27-18(29)14(23)8-13-9-24-11-25-13)20(31)26-15(5-3-4-6-22)19(30)28-17(10-34)21(32)33/h9,11-12,14-17,34H,3-8,10,22-23H2,1-2H3,(H,24,25)(H,26,31)(H,27,29)(H,28,30)(H,32,33). The first-order valence-corrected chi connectivity index (χ1v) is 11.9. The molecule has 0 fully saturated rings. The van der Waals surface area contributed by atoms with E-state index in [-0.39, 0.29) is 24.5 Å². The molecule has 1 aromatic rings. The van der Waals surface area contributed by atoms with Crippen molar-refractivity contribution < 1.29 is 24.3 Å². The van der Waals surface area contributed by atoms with Crippen molar-refractivity contribution in [3.05, 3.63) is 18.2 Å². The number of carbonyl (C=O) groups excluding carboxylic acids is 3. The molecule has 1 heterocycles. The van der Waals surface area contributed by atoms with Gasteiger partial charge in [-0.2, -0.15) is 12.6 Å². The lowest BCUT2D eigenvalue weighted by Gasteiger charge is -2.26. The summed E-state index contributed by atoms with van der Waals surface area (Å²) in [7, 11) is 0. The van der Waals surface area contributed by atoms with E-state index in [1.165, 1.54) is 6.33 Å². The van der Waals surface area contributed by atoms with Crippen molar-refractivity contribution in [1.29, 1.82) is 0 Å². The number of thiol groups is 1. The van der Waals surface area contributed by atoms with E-state index in [0.717, 1.165) is 0 Å². The van der Waals surface area contributed by atoms with Crippen LogP contribution in [0.2, 0.25) is 0 Å². The predicted octanol–water partition coefficient (Wildman–Crippen LogP) is -1.08. The molecular formula is C21H37N7O5S. The maximum Gasteiger partial charge on any atom is 0.327 e. The van der Waals surface area contributed by atoms with Crippen LogP contribution in [0.15, 0.2) is 12.5 Å². The molecule has 4 unspecified atom stereocenters. The van der Waals surface area contributed by atoms with E-state index in [1.54, 1.807) is 6.20 Å². The number of unbranched alkanes of at least 4 members (excludes halogenated alkanes) is 1. The minimum Gasteiger partial charge on any atom is -0.480 e. The second-order valence-electron chi connectivity index (χ2n) is 8.51. The van der Waals surface area contributed by atoms with E-state index in [2.05, 4.69) is 38.5 Å². The van der Waals surface area contributed by atoms with Crippen LogP contribution >= 0.6 is 12.6 Å². The van der Waals surface area contributed by atoms with Gasteiger partial charge in [-0.1, -0.05) is 13.8 Å². The number of hydrogen-bond acceptors (Lipinski definition) is 8. The highest BCUT2D eigenvalue weighted by atomic mass is 32.1. The Bertz CT molecular complexity index is 790. The van der Waals surface area contributed by atoms with E-state index in [9.17, 15) is 24.3 Å². The highest BCUT2D eigenvalue weighted by Crippen LogP contribution is 2.09. The molecular weight excluding hydrogens is 462 g/mol. The Labute approximate surface area is 204 Å². The zero-order valence-corrected chi connectivity index (χ0v) is 20.5. The lowest BCUT2D eigenvalue weighted by atomic mass is 10.0. The van der Waals surface area contributed by atoms with Gasteiger partial charge in [-0.25, -0.2) is 9.78 Å². The number of nitrogens with zero attached hydrogens (tertiary/aromatic N) is 1. The fourth-order valence-corrected chi connectivity index (χ4v) is 3.45. The average Bonchev–Trinajstić information content (AvgIpc) is 3.28. The SMILES string of the molecule is CC(C)CC(NC(=O)C(N)Cc1cnc[nH]1)C(=O)NC(CCCCN)C(=O)NC(CS)C(=O)O. The second kappa shape index (κ2) is 15.3. The summed E-state index contributed by atoms with van der Waals surface area (Å²) in [4.78, 5) is 56.5. The number of amides is 3. The minimum absolute atomic E-state index is 0.0602. The molecule has 0 aliphatic carbocycles. The van der Waals surface area contributed by atoms with Crippen LogP contribution in [0.1, 0.15) is 45.2 Å². The van der Waals surface area contributed by atoms with Gasteiger partial charge in [0, 0.05) is 24.1 Å². The molecule has 3 amide bonds. The average molecular weight is 500 g/mol. The number of aliphatic carboxylic acids is 1. The Morgan fingerprint density at radius 1 is 1.06 bits per heavy atom. The van der Waals surface area contributed by atoms with Gasteiger partial charge in [-0.15, -0.1) is 0 Å². The monoisotopic (exact) mass is 499 g/mol. The number of imidazole rings is 1. The first kappa shape index (κ1) is 29.4. The second-order valence-corrected chi connectivity index (χ2v) is 8.87. The molecule has 9 N–H and O–H groups in total. The lowest BCUT2D eigenvalue weighted by Crippen LogP contribution is -2.57. The molecule has 4 atom stereocenters. The van der Waals surface area contributed by atoms with Crippen LogP contribution < -0.4 is 27.4 Å². The number of nitrogens with one attached hydrogen (secondary N) is 4. The van der Waals surface area contributed by atoms with Crippen molar-refractivity contribution in [3.63, 3.8) is 0 Å². The largest absolute Gasteiger partial charge is 0.480 e. The molecule has 0 radical (unpaired) electrons. The molecule has 34 heavy (non-hydrogen) atoms. The van der Waals surface area contributed by atoms with Crippen molar-refractivity contribution in [2.75, 3.05) is 12.3 Å². The van der Waals surface area contributed by atoms with E-state index < -0.39 is 47.9 Å². The van der Waals surface area contributed by atoms with Gasteiger partial charge in [0.15, 0.2) is 0 Å². The number of aromatic amines is 1. The van der Waals surface area contributed by atoms with Crippen LogP contribution in [0.3, 0.4) is 0 Å². The van der Waals surface area contributed by atoms with Crippen LogP contribution in [0.25, 0.3) is 0 Å². The Morgan fingerprint density at radius 3 is 2.21 bits per heavy atom. The fourth-order valence-electron chi connectivity index (χ4n) is 3.20. The Hall–Kier alpha value is -2.64. The Kier molecular flexibility index (Phi) is 13.2. The number of nitrogens with two attached hydrogens (primary N) is 2. The Balaban J connectivity index is 2.90. The van der Waals surface area contributed by atoms with Gasteiger partial charge in [-0.05, 0) is 38.1 Å². The molecule has 13 heteroatoms. The normalized spacial score (nSPS) is 14.6. The summed E-state index contributed by atoms with van der Waals surface area (Å²) in [6, 6.07) is -4.02. The number of hydrogen-bond donors (Lipinski definition) is 8. The van der Waals surface area contributed by atoms with E-state index >= 15 is 0 Å². The van der Waals surface area contributed by atoms with Gasteiger partial charge in [0.1, 0.15) is 18.1 Å². The molecule has 0 spiro atoms. The van der Waals surface area contributed by atoms with Crippen molar-refractivity contribution in [3.8, 4) is 0 Å². The van der Waals surface area contributed by atoms with E-state index in [1.807, 2.05) is 13.8 Å². The summed E-state index contributed by atoms with van der Waals surface area (Å²) in [5.74, 6) is -2.99. The topological polar surface area (TPSA) is 205 Å². The summed E-state index contributed by atoms with van der Waals surface area (Å²) in [6.45, 7) is 4.20. The van der Waals surface area contributed by atoms with Crippen molar-refractivity contribution in [2.45, 2.75) is 70.1 Å². The number of carbonyl (C=O) groups is 4. The quantitative estimate of drug-likeness (QED) is 0.103. The summed E-state index contributed by atoms with van der Waals surface area (Å²) < 4.78 is 0. The summed E-state index contributed by atoms with van der Waals surface area (Å²) in [5.41, 5.74) is 12.2. The van der Waals surface area contributed by atoms with Crippen molar-refractivity contribution in [2.24, 2.45) is 17.4 Å². The van der Waals surface area contributed by atoms with Crippen LogP contribution in [0.4, 0.5) is 0 Å². The highest BCUT2D eigenvalue weighted by Gasteiger charge is 2.30. The van der Waals surface area contributed by atoms with Gasteiger partial charge in [0.25, 0.3) is 0 Å². The van der Waals surface area contributed by atoms with Crippen molar-refractivity contribution >= 4 is 36.3 Å². The third-order valence-electron chi connectivity index (χ3n) is 5.05. The maximum atomic E-state index is 13.1. The van der Waals surface area contributed by atoms with Gasteiger partial charge in [0.2, 0.25) is 17.7 Å². The predicted molar refractivity (Wildman–Crippen MR) is 130 cm³/mol. The molecule has 192 valence electrons. The molecule has 0 aliphatic rings. The van der Waals surface area contributed by atoms with Crippen LogP contribution in [0, 0.1) is 5.92 Å². The molecule has 0 saturated heterocycles. The zero-order valence-electron chi connectivity index (χ0n) is 19.6. The Morgan fingerprint density at radius 2 is 1.68 bits per heavy atom. The van der Waals surface area contributed by atoms with Gasteiger partial charge < -0.3 is 37.5 Å². The first-order valence-electron chi connectivity index (χ1n) is 11.3. The third kappa shape index (κ3) is 10.5. The number of H-pyrrole nitrogens is 1. The van der Waals surface area contributed by atoms with Crippen LogP contribution in [-0.4, -0.2) is 75.2 Å². The molecule has 0 aliphatic heterocycles. The van der Waals surface area contributed by atoms with Gasteiger partial charge in [0.05, 0.1) is 12.4 Å². The molecule has 0 aromatic carbocycles. The van der Waals surface area contributed by atoms with Gasteiger partial charge in [-0.3, -0.25) is 14.4 Å². The number of aromatic nitrogens is 2. The number of rotatable bonds is 16. The molecule has 0 saturated carbocycles. The summed E-state index contributed by atoms with van der Waals surface area (Å²) in [6.07, 6.45) is 5.01. The first-order chi connectivity index (χ1) is 16.1. The van der Waals surface area contributed by atoms with E-state index in [4.69, 9.17) is 11.5 Å². The fraction of sp³-hybridized carbons (Fsp3) is 0.667. The van der Waals surface area contributed by atoms with Crippen molar-refractivity contribution in [1.82, 2.24) is 25.9 Å². The van der Waals surface area contributed by atoms with Crippen LogP contribution in [-0.2, 0) is 25.6 Å². The lowest BCUT2D eigenvalue weighted by molar-refractivity contribution is -0.141. The molecule has 0 bridgehead atoms. The smallest absolute Gasteiger partial charge is 0.327 e. The van der Waals surface area contributed by atoms with Crippen LogP contribution in [0.5, 0.6) is 0 Å². The number of carboxylic acid groups (broad SMARTS) is 1. The minimum atomic E-state index is -1.23. The molecule has 12 nitrogen and oxygen atoms in total. The summed E-state index contributed by atoms with van der Waals surface area (Å²) in [5, 5.41) is 16.9. The highest BCUT2D eigenvalue weighted by molar-refractivity contribution is 7.80. The molecule has 1 rings (SSSR count).